The number of carboxylic acids is 1. The van der Waals surface area contributed by atoms with E-state index in [2.05, 4.69) is 5.32 Å². The molecule has 4 rings (SSSR count). The van der Waals surface area contributed by atoms with Crippen LogP contribution in [0.1, 0.15) is 23.2 Å². The minimum Gasteiger partial charge on any atom is -0.508 e. The van der Waals surface area contributed by atoms with Crippen molar-refractivity contribution in [1.82, 2.24) is 14.5 Å². The van der Waals surface area contributed by atoms with E-state index in [1.165, 1.54) is 35.9 Å². The minimum atomic E-state index is -1.46. The number of fused-ring (bicyclic) bond motifs is 1. The van der Waals surface area contributed by atoms with E-state index in [0.717, 1.165) is 4.57 Å². The van der Waals surface area contributed by atoms with Gasteiger partial charge in [-0.1, -0.05) is 54.6 Å². The lowest BCUT2D eigenvalue weighted by molar-refractivity contribution is -0.142. The second kappa shape index (κ2) is 9.68. The lowest BCUT2D eigenvalue weighted by Crippen LogP contribution is -2.48. The number of rotatable bonds is 7. The number of nitrogens with zero attached hydrogens (tertiary/aromatic N) is 2. The molecule has 3 N–H and O–H groups in total. The maximum atomic E-state index is 13.5. The number of carbonyl (C=O) groups excluding carboxylic acids is 1. The van der Waals surface area contributed by atoms with Gasteiger partial charge >= 0.3 is 11.7 Å². The normalized spacial score (nSPS) is 12.7. The molecule has 9 heteroatoms. The Morgan fingerprint density at radius 2 is 1.54 bits per heavy atom. The van der Waals surface area contributed by atoms with E-state index in [1.54, 1.807) is 54.6 Å². The van der Waals surface area contributed by atoms with Crippen LogP contribution in [-0.4, -0.2) is 31.2 Å². The predicted octanol–water partition coefficient (Wildman–Crippen LogP) is 2.13. The number of carbonyl (C=O) groups is 2. The summed E-state index contributed by atoms with van der Waals surface area (Å²) in [5.41, 5.74) is -0.00477. The van der Waals surface area contributed by atoms with Crippen molar-refractivity contribution in [1.29, 1.82) is 0 Å². The Bertz CT molecular complexity index is 1510. The van der Waals surface area contributed by atoms with Crippen molar-refractivity contribution in [3.05, 3.63) is 111 Å². The van der Waals surface area contributed by atoms with Crippen LogP contribution >= 0.6 is 0 Å². The molecule has 1 aromatic heterocycles. The number of para-hydroxylation sites is 1. The third-order valence-corrected chi connectivity index (χ3v) is 5.85. The van der Waals surface area contributed by atoms with Crippen LogP contribution in [0.2, 0.25) is 0 Å². The molecule has 2 unspecified atom stereocenters. The molecule has 9 nitrogen and oxygen atoms in total. The number of hydrogen-bond donors (Lipinski definition) is 3. The van der Waals surface area contributed by atoms with Gasteiger partial charge in [0, 0.05) is 13.5 Å². The van der Waals surface area contributed by atoms with Gasteiger partial charge in [0.1, 0.15) is 11.8 Å². The molecule has 0 radical (unpaired) electrons. The van der Waals surface area contributed by atoms with Crippen molar-refractivity contribution in [2.24, 2.45) is 7.05 Å². The predicted molar refractivity (Wildman–Crippen MR) is 129 cm³/mol. The number of carboxylic acid groups (broad SMARTS) is 1. The molecule has 0 saturated heterocycles. The van der Waals surface area contributed by atoms with Crippen LogP contribution in [0.5, 0.6) is 5.75 Å². The molecule has 178 valence electrons. The van der Waals surface area contributed by atoms with Crippen LogP contribution < -0.4 is 16.6 Å². The molecule has 0 saturated carbocycles. The Hall–Kier alpha value is -4.66. The summed E-state index contributed by atoms with van der Waals surface area (Å²) in [5.74, 6) is -2.19. The van der Waals surface area contributed by atoms with Gasteiger partial charge in [-0.3, -0.25) is 14.2 Å². The molecule has 0 bridgehead atoms. The van der Waals surface area contributed by atoms with Crippen molar-refractivity contribution >= 4 is 22.8 Å². The first-order valence-electron chi connectivity index (χ1n) is 10.8. The highest BCUT2D eigenvalue weighted by Gasteiger charge is 2.30. The zero-order valence-electron chi connectivity index (χ0n) is 18.8. The fourth-order valence-electron chi connectivity index (χ4n) is 4.03. The molecule has 1 amide bonds. The summed E-state index contributed by atoms with van der Waals surface area (Å²) in [6, 6.07) is 18.0. The van der Waals surface area contributed by atoms with Gasteiger partial charge in [-0.05, 0) is 35.4 Å². The number of hydrogen-bond acceptors (Lipinski definition) is 5. The maximum Gasteiger partial charge on any atom is 0.331 e. The van der Waals surface area contributed by atoms with Gasteiger partial charge in [0.25, 0.3) is 5.56 Å². The summed E-state index contributed by atoms with van der Waals surface area (Å²) in [4.78, 5) is 52.2. The third-order valence-electron chi connectivity index (χ3n) is 5.85. The van der Waals surface area contributed by atoms with E-state index < -0.39 is 35.2 Å². The average molecular weight is 473 g/mol. The molecule has 0 aliphatic heterocycles. The van der Waals surface area contributed by atoms with Gasteiger partial charge in [0.2, 0.25) is 5.91 Å². The number of aromatic hydroxyl groups is 1. The smallest absolute Gasteiger partial charge is 0.331 e. The first kappa shape index (κ1) is 23.5. The number of nitrogens with one attached hydrogen (secondary N) is 1. The largest absolute Gasteiger partial charge is 0.508 e. The molecule has 0 aliphatic rings. The zero-order valence-corrected chi connectivity index (χ0v) is 18.8. The first-order valence-corrected chi connectivity index (χ1v) is 10.8. The Morgan fingerprint density at radius 3 is 2.20 bits per heavy atom. The fraction of sp³-hybridized carbons (Fsp3) is 0.154. The van der Waals surface area contributed by atoms with Crippen molar-refractivity contribution in [3.8, 4) is 5.75 Å². The summed E-state index contributed by atoms with van der Waals surface area (Å²) in [6.45, 7) is 0. The van der Waals surface area contributed by atoms with Gasteiger partial charge < -0.3 is 15.5 Å². The van der Waals surface area contributed by atoms with Crippen LogP contribution in [0.15, 0.2) is 88.5 Å². The number of aliphatic carboxylic acids is 1. The summed E-state index contributed by atoms with van der Waals surface area (Å²) in [6.07, 6.45) is -0.0118. The molecule has 0 spiro atoms. The monoisotopic (exact) mass is 473 g/mol. The third kappa shape index (κ3) is 4.70. The Kier molecular flexibility index (Phi) is 6.50. The quantitative estimate of drug-likeness (QED) is 0.377. The standard InChI is InChI=1S/C26H23N3O6/c1-28-20-10-6-5-9-19(20)24(32)29(26(28)35)21(15-16-7-3-2-4-8-16)23(31)27-22(25(33)34)17-11-13-18(30)14-12-17/h2-14,21-22,30H,15H2,1H3,(H,27,31)(H,33,34). The number of amides is 1. The minimum absolute atomic E-state index is 0.0118. The van der Waals surface area contributed by atoms with Gasteiger partial charge in [-0.2, -0.15) is 0 Å². The van der Waals surface area contributed by atoms with E-state index in [1.807, 2.05) is 0 Å². The highest BCUT2D eigenvalue weighted by molar-refractivity contribution is 5.87. The Labute approximate surface area is 199 Å². The molecule has 1 heterocycles. The number of benzene rings is 3. The van der Waals surface area contributed by atoms with Gasteiger partial charge in [-0.15, -0.1) is 0 Å². The molecular formula is C26H23N3O6. The molecule has 35 heavy (non-hydrogen) atoms. The number of phenols is 1. The molecule has 0 fully saturated rings. The first-order chi connectivity index (χ1) is 16.8. The van der Waals surface area contributed by atoms with Crippen LogP contribution in [0.3, 0.4) is 0 Å². The van der Waals surface area contributed by atoms with Gasteiger partial charge in [0.15, 0.2) is 6.04 Å². The second-order valence-corrected chi connectivity index (χ2v) is 8.11. The molecular weight excluding hydrogens is 450 g/mol. The molecule has 3 aromatic carbocycles. The van der Waals surface area contributed by atoms with Crippen LogP contribution in [0.25, 0.3) is 10.9 Å². The number of phenolic OH excluding ortho intramolecular Hbond substituents is 1. The summed E-state index contributed by atoms with van der Waals surface area (Å²) < 4.78 is 2.16. The fourth-order valence-corrected chi connectivity index (χ4v) is 4.03. The molecule has 0 aliphatic carbocycles. The SMILES string of the molecule is Cn1c(=O)n(C(Cc2ccccc2)C(=O)NC(C(=O)O)c2ccc(O)cc2)c(=O)c2ccccc21. The Morgan fingerprint density at radius 1 is 0.914 bits per heavy atom. The van der Waals surface area contributed by atoms with E-state index >= 15 is 0 Å². The Balaban J connectivity index is 1.83. The highest BCUT2D eigenvalue weighted by Crippen LogP contribution is 2.20. The number of aromatic nitrogens is 2. The lowest BCUT2D eigenvalue weighted by Gasteiger charge is -2.23. The molecule has 2 atom stereocenters. The topological polar surface area (TPSA) is 131 Å². The molecule has 4 aromatic rings. The van der Waals surface area contributed by atoms with Gasteiger partial charge in [0.05, 0.1) is 10.9 Å². The van der Waals surface area contributed by atoms with E-state index in [0.29, 0.717) is 11.1 Å². The lowest BCUT2D eigenvalue weighted by atomic mass is 10.0. The zero-order chi connectivity index (χ0) is 25.1. The average Bonchev–Trinajstić information content (AvgIpc) is 2.86. The van der Waals surface area contributed by atoms with Crippen LogP contribution in [0, 0.1) is 0 Å². The van der Waals surface area contributed by atoms with E-state index in [4.69, 9.17) is 0 Å². The van der Waals surface area contributed by atoms with Crippen molar-refractivity contribution in [2.75, 3.05) is 0 Å². The van der Waals surface area contributed by atoms with Crippen LogP contribution in [-0.2, 0) is 23.1 Å². The number of aryl methyl sites for hydroxylation is 1. The summed E-state index contributed by atoms with van der Waals surface area (Å²) in [7, 11) is 1.51. The van der Waals surface area contributed by atoms with Crippen molar-refractivity contribution < 1.29 is 19.8 Å². The van der Waals surface area contributed by atoms with Crippen LogP contribution in [0.4, 0.5) is 0 Å². The van der Waals surface area contributed by atoms with E-state index in [-0.39, 0.29) is 23.1 Å². The van der Waals surface area contributed by atoms with Gasteiger partial charge in [-0.25, -0.2) is 14.2 Å². The maximum absolute atomic E-state index is 13.5. The van der Waals surface area contributed by atoms with E-state index in [9.17, 15) is 29.4 Å². The summed E-state index contributed by atoms with van der Waals surface area (Å²) >= 11 is 0. The summed E-state index contributed by atoms with van der Waals surface area (Å²) in [5, 5.41) is 22.0. The highest BCUT2D eigenvalue weighted by atomic mass is 16.4. The van der Waals surface area contributed by atoms with Crippen molar-refractivity contribution in [2.45, 2.75) is 18.5 Å². The second-order valence-electron chi connectivity index (χ2n) is 8.11. The van der Waals surface area contributed by atoms with Crippen molar-refractivity contribution in [3.63, 3.8) is 0 Å².